The number of unbranched alkanes of at least 4 members (excludes halogenated alkanes) is 24. The zero-order valence-corrected chi connectivity index (χ0v) is 77.4. The summed E-state index contributed by atoms with van der Waals surface area (Å²) in [5.74, 6) is 10.0. The van der Waals surface area contributed by atoms with E-state index in [2.05, 4.69) is 313 Å². The van der Waals surface area contributed by atoms with Crippen molar-refractivity contribution >= 4 is 46.7 Å². The van der Waals surface area contributed by atoms with Crippen LogP contribution < -0.4 is 18.9 Å². The first-order valence-corrected chi connectivity index (χ1v) is 49.8. The number of benzene rings is 8. The third-order valence-corrected chi connectivity index (χ3v) is 25.8. The molecule has 8 aromatic rings. The third-order valence-electron chi connectivity index (χ3n) is 25.8. The number of amidine groups is 8. The molecule has 0 unspecified atom stereocenters. The highest BCUT2D eigenvalue weighted by Gasteiger charge is 2.79. The molecule has 1 atom stereocenters. The predicted octanol–water partition coefficient (Wildman–Crippen LogP) is 30.4. The first-order chi connectivity index (χ1) is 63.9. The van der Waals surface area contributed by atoms with Crippen LogP contribution in [-0.4, -0.2) is 70.9 Å². The Morgan fingerprint density at radius 1 is 0.233 bits per heavy atom. The first kappa shape index (κ1) is 90.6. The topological polar surface area (TPSA) is 98.4 Å². The van der Waals surface area contributed by atoms with Crippen molar-refractivity contribution in [2.24, 2.45) is 20.0 Å². The average Bonchev–Trinajstić information content (AvgIpc) is 1.46. The second-order valence-electron chi connectivity index (χ2n) is 35.8. The summed E-state index contributed by atoms with van der Waals surface area (Å²) in [6.45, 7) is 8.93. The fraction of sp³-hybridized carbons (Fsp3) is 0.385. The lowest BCUT2D eigenvalue weighted by Gasteiger charge is -2.38. The fourth-order valence-corrected chi connectivity index (χ4v) is 19.2. The zero-order valence-electron chi connectivity index (χ0n) is 77.4. The molecule has 0 amide bonds. The summed E-state index contributed by atoms with van der Waals surface area (Å²) >= 11 is 0. The molecular formula is C117H136N8O4+4. The molecule has 0 bridgehead atoms. The van der Waals surface area contributed by atoms with Gasteiger partial charge in [0.2, 0.25) is 0 Å². The summed E-state index contributed by atoms with van der Waals surface area (Å²) in [6.07, 6.45) is 83.1. The molecule has 0 radical (unpaired) electrons. The van der Waals surface area contributed by atoms with Crippen LogP contribution in [0.1, 0.15) is 326 Å². The minimum Gasteiger partial charge on any atom is -0.456 e. The maximum Gasteiger partial charge on any atom is 0.491 e. The smallest absolute Gasteiger partial charge is 0.456 e. The minimum absolute atomic E-state index is 0.675. The second kappa shape index (κ2) is 46.5. The number of aliphatic imine (C=N–C) groups is 4. The van der Waals surface area contributed by atoms with E-state index in [-0.39, 0.29) is 0 Å². The first-order valence-electron chi connectivity index (χ1n) is 49.8. The van der Waals surface area contributed by atoms with E-state index in [1.807, 2.05) is 0 Å². The largest absolute Gasteiger partial charge is 0.491 e. The van der Waals surface area contributed by atoms with Crippen molar-refractivity contribution in [3.8, 4) is 46.0 Å². The molecular weight excluding hydrogens is 1580 g/mol. The SMILES string of the molecule is CCC/C=C/C/C=C/CCCCCCCc1cccc(Oc2cccc3c2C2=NC4=[N+]5C(=NC6=[N+]7C(=NC8=[N+]9C(=NC3=[N+]2[C@]975)c2cccc(Oc3cccc(CCCCCCC/C=C/C/C=C/CCC)c3)c28)c2cccc(Oc3cccc(CCCCCCC/C=C/C/C=C/CCC)c3)c26)c2cccc(Oc3cccc(CCCCCCC/C=C/C/C=C/CCC)c3)c24)c1. The van der Waals surface area contributed by atoms with Crippen molar-refractivity contribution in [1.82, 2.24) is 0 Å². The Morgan fingerprint density at radius 3 is 0.775 bits per heavy atom. The molecule has 8 aliphatic heterocycles. The van der Waals surface area contributed by atoms with Gasteiger partial charge < -0.3 is 18.9 Å². The van der Waals surface area contributed by atoms with Crippen LogP contribution in [0.4, 0.5) is 0 Å². The number of hydrogen-bond donors (Lipinski definition) is 0. The molecule has 8 aliphatic rings. The maximum absolute atomic E-state index is 7.42. The van der Waals surface area contributed by atoms with Crippen molar-refractivity contribution in [1.29, 1.82) is 0 Å². The highest BCUT2D eigenvalue weighted by atomic mass is 16.5. The molecule has 1 spiro atoms. The predicted molar refractivity (Wildman–Crippen MR) is 535 cm³/mol. The Morgan fingerprint density at radius 2 is 0.473 bits per heavy atom. The van der Waals surface area contributed by atoms with Crippen LogP contribution >= 0.6 is 0 Å². The number of nitrogens with zero attached hydrogens (tertiary/aromatic N) is 8. The molecule has 12 nitrogen and oxygen atoms in total. The lowest BCUT2D eigenvalue weighted by molar-refractivity contribution is -1.06. The number of fused-ring (bicyclic) bond motifs is 12. The van der Waals surface area contributed by atoms with E-state index in [4.69, 9.17) is 38.9 Å². The van der Waals surface area contributed by atoms with Gasteiger partial charge in [-0.15, -0.1) is 18.3 Å². The van der Waals surface area contributed by atoms with Gasteiger partial charge in [-0.1, -0.05) is 320 Å². The average molecular weight is 1720 g/mol. The Kier molecular flexibility index (Phi) is 32.6. The van der Waals surface area contributed by atoms with Gasteiger partial charge >= 0.3 is 5.91 Å². The minimum atomic E-state index is -1.43. The lowest BCUT2D eigenvalue weighted by Crippen LogP contribution is -2.76. The van der Waals surface area contributed by atoms with Gasteiger partial charge in [0.25, 0.3) is 46.7 Å². The normalized spacial score (nSPS) is 15.9. The van der Waals surface area contributed by atoms with Crippen LogP contribution in [0.5, 0.6) is 46.0 Å². The van der Waals surface area contributed by atoms with E-state index in [0.717, 1.165) is 208 Å². The van der Waals surface area contributed by atoms with Crippen molar-refractivity contribution in [2.75, 3.05) is 0 Å². The van der Waals surface area contributed by atoms with Gasteiger partial charge in [0, 0.05) is 0 Å². The van der Waals surface area contributed by atoms with Crippen LogP contribution in [0.25, 0.3) is 0 Å². The number of hydrogen-bond acceptors (Lipinski definition) is 8. The molecule has 0 aliphatic carbocycles. The van der Waals surface area contributed by atoms with Gasteiger partial charge in [0.1, 0.15) is 68.2 Å². The van der Waals surface area contributed by atoms with Crippen LogP contribution in [0.2, 0.25) is 0 Å². The molecule has 0 aromatic heterocycles. The summed E-state index contributed by atoms with van der Waals surface area (Å²) in [6, 6.07) is 60.5. The van der Waals surface area contributed by atoms with Gasteiger partial charge in [-0.05, 0) is 273 Å². The number of allylic oxidation sites excluding steroid dienone is 16. The van der Waals surface area contributed by atoms with Gasteiger partial charge in [-0.3, -0.25) is 0 Å². The molecule has 129 heavy (non-hydrogen) atoms. The fourth-order valence-electron chi connectivity index (χ4n) is 19.2. The molecule has 12 heteroatoms. The van der Waals surface area contributed by atoms with Crippen LogP contribution in [0.15, 0.2) is 287 Å². The molecule has 16 rings (SSSR count). The second-order valence-corrected chi connectivity index (χ2v) is 35.8. The summed E-state index contributed by atoms with van der Waals surface area (Å²) < 4.78 is 39.0. The van der Waals surface area contributed by atoms with Crippen molar-refractivity contribution in [3.63, 3.8) is 0 Å². The Balaban J connectivity index is 0.751. The summed E-state index contributed by atoms with van der Waals surface area (Å²) in [5, 5.41) is 0. The van der Waals surface area contributed by atoms with Gasteiger partial charge in [-0.25, -0.2) is 0 Å². The van der Waals surface area contributed by atoms with E-state index < -0.39 is 5.91 Å². The zero-order chi connectivity index (χ0) is 88.0. The highest BCUT2D eigenvalue weighted by molar-refractivity contribution is 6.31. The summed E-state index contributed by atoms with van der Waals surface area (Å²) in [5.41, 5.74) is 12.0. The molecule has 0 saturated heterocycles. The van der Waals surface area contributed by atoms with E-state index >= 15 is 0 Å². The summed E-state index contributed by atoms with van der Waals surface area (Å²) in [7, 11) is 0. The van der Waals surface area contributed by atoms with Gasteiger partial charge in [-0.2, -0.15) is 0 Å². The van der Waals surface area contributed by atoms with E-state index in [1.54, 1.807) is 0 Å². The number of aryl methyl sites for hydroxylation is 4. The van der Waals surface area contributed by atoms with E-state index in [9.17, 15) is 0 Å². The van der Waals surface area contributed by atoms with Crippen LogP contribution in [-0.2, 0) is 25.7 Å². The monoisotopic (exact) mass is 1720 g/mol. The molecule has 0 N–H and O–H groups in total. The van der Waals surface area contributed by atoms with Crippen molar-refractivity contribution < 1.29 is 37.2 Å². The maximum atomic E-state index is 7.42. The standard InChI is InChI=1S/C117H136N8O4/c1-5-9-13-17-21-25-29-33-37-41-45-49-53-65-89-69-57-73-93(85-89)126-101-81-61-77-97-105(101)113-119-111-99-79-63-82-102(127-94-74-58-70-90(86-94)66-54-50-46-42-38-34-30-26-22-18-14-10-6-2)106(99)114-120-112-100-80-64-84-104(129-96-76-60-72-92(88-96)68-56-52-48-44-40-36-32-28-24-20-16-12-8-4)108(100)116-121-115-107-98(110-118-109(97)122(113)117(123(110)115,124(111)114)125(112)116)78-62-83-103(107)128-95-75-59-71-91(87-95)67-55-51-47-43-39-35-31-27-23-19-15-11-7-3/h13-20,25-32,57-64,69-88H,5-12,21-24,33-56,65-68H2,1-4H3/q+4/b17-13+,18-14+,19-15+,20-16+,29-25+,30-26+,31-27+,32-28+/t117-/m1/s1. The van der Waals surface area contributed by atoms with E-state index in [1.165, 1.54) is 151 Å². The van der Waals surface area contributed by atoms with Gasteiger partial charge in [0.15, 0.2) is 0 Å². The highest BCUT2D eigenvalue weighted by Crippen LogP contribution is 2.52. The Bertz CT molecular complexity index is 5790. The molecule has 0 saturated carbocycles. The van der Waals surface area contributed by atoms with Crippen molar-refractivity contribution in [3.05, 3.63) is 334 Å². The molecule has 0 fully saturated rings. The lowest BCUT2D eigenvalue weighted by atomic mass is 10.0. The molecule has 8 heterocycles. The molecule has 8 aromatic carbocycles. The molecule has 664 valence electrons. The van der Waals surface area contributed by atoms with E-state index in [0.29, 0.717) is 58.0 Å². The quantitative estimate of drug-likeness (QED) is 0.0215. The van der Waals surface area contributed by atoms with Crippen molar-refractivity contribution in [2.45, 2.75) is 290 Å². The Labute approximate surface area is 769 Å². The van der Waals surface area contributed by atoms with Crippen LogP contribution in [0, 0.1) is 0 Å². The summed E-state index contributed by atoms with van der Waals surface area (Å²) in [4.78, 5) is 24.2. The van der Waals surface area contributed by atoms with Gasteiger partial charge in [0.05, 0.1) is 22.3 Å². The number of rotatable bonds is 56. The number of ether oxygens (including phenoxy) is 4. The van der Waals surface area contributed by atoms with Crippen LogP contribution in [0.3, 0.4) is 0 Å². The third kappa shape index (κ3) is 21.7. The Hall–Kier alpha value is -11.8.